The first-order chi connectivity index (χ1) is 12.3. The number of hydrogen-bond acceptors (Lipinski definition) is 5. The molecule has 1 N–H and O–H groups in total. The molecular weight excluding hydrogens is 332 g/mol. The SMILES string of the molecule is Cc1ncc(CN2CC[C@@H](c3cc(COc4ccccc4)[nH]n3)C2)s1. The molecule has 130 valence electrons. The summed E-state index contributed by atoms with van der Waals surface area (Å²) < 4.78 is 5.78. The fourth-order valence-electron chi connectivity index (χ4n) is 3.26. The van der Waals surface area contributed by atoms with Gasteiger partial charge in [-0.05, 0) is 38.1 Å². The molecule has 1 aliphatic heterocycles. The van der Waals surface area contributed by atoms with E-state index >= 15 is 0 Å². The van der Waals surface area contributed by atoms with E-state index in [9.17, 15) is 0 Å². The van der Waals surface area contributed by atoms with Crippen LogP contribution in [-0.4, -0.2) is 33.2 Å². The average Bonchev–Trinajstić information content (AvgIpc) is 3.36. The van der Waals surface area contributed by atoms with Crippen LogP contribution in [0.25, 0.3) is 0 Å². The maximum atomic E-state index is 5.78. The number of hydrogen-bond donors (Lipinski definition) is 1. The number of ether oxygens (including phenoxy) is 1. The van der Waals surface area contributed by atoms with E-state index in [-0.39, 0.29) is 0 Å². The summed E-state index contributed by atoms with van der Waals surface area (Å²) in [6.45, 7) is 5.75. The summed E-state index contributed by atoms with van der Waals surface area (Å²) in [7, 11) is 0. The molecule has 6 heteroatoms. The van der Waals surface area contributed by atoms with Crippen molar-refractivity contribution in [3.8, 4) is 5.75 Å². The lowest BCUT2D eigenvalue weighted by Gasteiger charge is -2.13. The number of aromatic amines is 1. The van der Waals surface area contributed by atoms with Crippen molar-refractivity contribution in [2.24, 2.45) is 0 Å². The number of aryl methyl sites for hydroxylation is 1. The quantitative estimate of drug-likeness (QED) is 0.733. The van der Waals surface area contributed by atoms with Crippen LogP contribution in [-0.2, 0) is 13.2 Å². The van der Waals surface area contributed by atoms with E-state index in [2.05, 4.69) is 33.1 Å². The molecule has 1 aliphatic rings. The van der Waals surface area contributed by atoms with Gasteiger partial charge in [-0.3, -0.25) is 10.00 Å². The van der Waals surface area contributed by atoms with Crippen LogP contribution < -0.4 is 4.74 Å². The largest absolute Gasteiger partial charge is 0.487 e. The molecule has 3 aromatic rings. The zero-order chi connectivity index (χ0) is 17.1. The minimum absolute atomic E-state index is 0.496. The standard InChI is InChI=1S/C19H22N4OS/c1-14-20-10-18(25-14)12-23-8-7-15(11-23)19-9-16(21-22-19)13-24-17-5-3-2-4-6-17/h2-6,9-10,15H,7-8,11-13H2,1H3,(H,21,22)/t15-/m1/s1. The van der Waals surface area contributed by atoms with Crippen molar-refractivity contribution in [3.63, 3.8) is 0 Å². The van der Waals surface area contributed by atoms with Gasteiger partial charge in [0.2, 0.25) is 0 Å². The second-order valence-electron chi connectivity index (χ2n) is 6.49. The van der Waals surface area contributed by atoms with Crippen LogP contribution in [0.4, 0.5) is 0 Å². The van der Waals surface area contributed by atoms with Crippen molar-refractivity contribution in [3.05, 3.63) is 63.9 Å². The summed E-state index contributed by atoms with van der Waals surface area (Å²) in [5.74, 6) is 1.38. The summed E-state index contributed by atoms with van der Waals surface area (Å²) in [5.41, 5.74) is 2.17. The first kappa shape index (κ1) is 16.3. The van der Waals surface area contributed by atoms with Crippen molar-refractivity contribution in [1.29, 1.82) is 0 Å². The molecule has 0 bridgehead atoms. The van der Waals surface area contributed by atoms with Crippen LogP contribution in [0.5, 0.6) is 5.75 Å². The lowest BCUT2D eigenvalue weighted by molar-refractivity contribution is 0.301. The van der Waals surface area contributed by atoms with Crippen LogP contribution in [0.1, 0.15) is 33.6 Å². The third-order valence-electron chi connectivity index (χ3n) is 4.53. The zero-order valence-electron chi connectivity index (χ0n) is 14.3. The van der Waals surface area contributed by atoms with Gasteiger partial charge in [-0.1, -0.05) is 18.2 Å². The Morgan fingerprint density at radius 1 is 1.32 bits per heavy atom. The van der Waals surface area contributed by atoms with Gasteiger partial charge < -0.3 is 4.74 Å². The van der Waals surface area contributed by atoms with Gasteiger partial charge in [-0.25, -0.2) is 4.98 Å². The van der Waals surface area contributed by atoms with E-state index < -0.39 is 0 Å². The Morgan fingerprint density at radius 2 is 2.20 bits per heavy atom. The maximum Gasteiger partial charge on any atom is 0.130 e. The minimum Gasteiger partial charge on any atom is -0.487 e. The minimum atomic E-state index is 0.496. The molecule has 3 heterocycles. The molecule has 0 unspecified atom stereocenters. The normalized spacial score (nSPS) is 17.9. The van der Waals surface area contributed by atoms with Crippen molar-refractivity contribution < 1.29 is 4.74 Å². The molecule has 0 aliphatic carbocycles. The third kappa shape index (κ3) is 4.08. The summed E-state index contributed by atoms with van der Waals surface area (Å²) in [4.78, 5) is 8.18. The fourth-order valence-corrected chi connectivity index (χ4v) is 4.09. The highest BCUT2D eigenvalue weighted by Gasteiger charge is 2.26. The Morgan fingerprint density at radius 3 is 3.00 bits per heavy atom. The number of benzene rings is 1. The maximum absolute atomic E-state index is 5.78. The van der Waals surface area contributed by atoms with Crippen LogP contribution in [0.15, 0.2) is 42.6 Å². The molecular formula is C19H22N4OS. The van der Waals surface area contributed by atoms with Crippen molar-refractivity contribution >= 4 is 11.3 Å². The molecule has 1 saturated heterocycles. The van der Waals surface area contributed by atoms with E-state index in [1.807, 2.05) is 36.5 Å². The molecule has 5 nitrogen and oxygen atoms in total. The van der Waals surface area contributed by atoms with Crippen LogP contribution in [0, 0.1) is 6.92 Å². The molecule has 2 aromatic heterocycles. The van der Waals surface area contributed by atoms with Crippen molar-refractivity contribution in [2.45, 2.75) is 32.4 Å². The van der Waals surface area contributed by atoms with Gasteiger partial charge in [0.25, 0.3) is 0 Å². The zero-order valence-corrected chi connectivity index (χ0v) is 15.1. The van der Waals surface area contributed by atoms with Crippen LogP contribution in [0.2, 0.25) is 0 Å². The summed E-state index contributed by atoms with van der Waals surface area (Å²) in [6, 6.07) is 12.0. The number of nitrogens with zero attached hydrogens (tertiary/aromatic N) is 3. The highest BCUT2D eigenvalue weighted by Crippen LogP contribution is 2.28. The first-order valence-electron chi connectivity index (χ1n) is 8.62. The molecule has 0 amide bonds. The highest BCUT2D eigenvalue weighted by atomic mass is 32.1. The molecule has 25 heavy (non-hydrogen) atoms. The van der Waals surface area contributed by atoms with Gasteiger partial charge in [-0.15, -0.1) is 11.3 Å². The molecule has 4 rings (SSSR count). The van der Waals surface area contributed by atoms with Crippen molar-refractivity contribution in [1.82, 2.24) is 20.1 Å². The van der Waals surface area contributed by atoms with E-state index in [0.29, 0.717) is 12.5 Å². The predicted molar refractivity (Wildman–Crippen MR) is 98.8 cm³/mol. The topological polar surface area (TPSA) is 54.0 Å². The summed E-state index contributed by atoms with van der Waals surface area (Å²) in [5, 5.41) is 8.77. The number of H-pyrrole nitrogens is 1. The lowest BCUT2D eigenvalue weighted by atomic mass is 10.1. The van der Waals surface area contributed by atoms with Crippen LogP contribution >= 0.6 is 11.3 Å². The monoisotopic (exact) mass is 354 g/mol. The molecule has 0 saturated carbocycles. The van der Waals surface area contributed by atoms with Gasteiger partial charge >= 0.3 is 0 Å². The van der Waals surface area contributed by atoms with Gasteiger partial charge in [0.1, 0.15) is 12.4 Å². The van der Waals surface area contributed by atoms with E-state index in [1.165, 1.54) is 4.88 Å². The first-order valence-corrected chi connectivity index (χ1v) is 9.43. The second kappa shape index (κ2) is 7.37. The number of para-hydroxylation sites is 1. The molecule has 0 spiro atoms. The van der Waals surface area contributed by atoms with Crippen molar-refractivity contribution in [2.75, 3.05) is 13.1 Å². The molecule has 1 fully saturated rings. The van der Waals surface area contributed by atoms with Gasteiger partial charge in [-0.2, -0.15) is 5.10 Å². The number of nitrogens with one attached hydrogen (secondary N) is 1. The number of aromatic nitrogens is 3. The number of thiazole rings is 1. The average molecular weight is 354 g/mol. The third-order valence-corrected chi connectivity index (χ3v) is 5.43. The lowest BCUT2D eigenvalue weighted by Crippen LogP contribution is -2.19. The van der Waals surface area contributed by atoms with Crippen LogP contribution in [0.3, 0.4) is 0 Å². The van der Waals surface area contributed by atoms with Gasteiger partial charge in [0, 0.05) is 30.1 Å². The smallest absolute Gasteiger partial charge is 0.130 e. The molecule has 0 radical (unpaired) electrons. The fraction of sp³-hybridized carbons (Fsp3) is 0.368. The Bertz CT molecular complexity index is 814. The number of rotatable bonds is 6. The second-order valence-corrected chi connectivity index (χ2v) is 7.81. The Labute approximate surface area is 151 Å². The molecule has 1 aromatic carbocycles. The Kier molecular flexibility index (Phi) is 4.81. The summed E-state index contributed by atoms with van der Waals surface area (Å²) >= 11 is 1.79. The van der Waals surface area contributed by atoms with Gasteiger partial charge in [0.05, 0.1) is 16.4 Å². The van der Waals surface area contributed by atoms with E-state index in [1.54, 1.807) is 11.3 Å². The van der Waals surface area contributed by atoms with E-state index in [0.717, 1.165) is 48.2 Å². The van der Waals surface area contributed by atoms with Gasteiger partial charge in [0.15, 0.2) is 0 Å². The summed E-state index contributed by atoms with van der Waals surface area (Å²) in [6.07, 6.45) is 3.16. The highest BCUT2D eigenvalue weighted by molar-refractivity contribution is 7.11. The Balaban J connectivity index is 1.31. The Hall–Kier alpha value is -2.18. The number of likely N-dealkylation sites (tertiary alicyclic amines) is 1. The molecule has 1 atom stereocenters. The predicted octanol–water partition coefficient (Wildman–Crippen LogP) is 3.74. The van der Waals surface area contributed by atoms with E-state index in [4.69, 9.17) is 4.74 Å².